The van der Waals surface area contributed by atoms with Crippen LogP contribution in [0.5, 0.6) is 0 Å². The van der Waals surface area contributed by atoms with Crippen molar-refractivity contribution in [1.29, 1.82) is 0 Å². The van der Waals surface area contributed by atoms with Crippen molar-refractivity contribution in [2.45, 2.75) is 13.8 Å². The maximum absolute atomic E-state index is 11.5. The molecule has 0 saturated carbocycles. The molecule has 0 saturated heterocycles. The fourth-order valence-corrected chi connectivity index (χ4v) is 1.34. The van der Waals surface area contributed by atoms with E-state index >= 15 is 0 Å². The van der Waals surface area contributed by atoms with Crippen LogP contribution < -0.4 is 5.32 Å². The van der Waals surface area contributed by atoms with Gasteiger partial charge in [-0.25, -0.2) is 4.79 Å². The molecule has 0 aromatic heterocycles. The van der Waals surface area contributed by atoms with Gasteiger partial charge in [-0.1, -0.05) is 18.2 Å². The van der Waals surface area contributed by atoms with E-state index in [1.54, 1.807) is 43.3 Å². The van der Waals surface area contributed by atoms with Crippen molar-refractivity contribution in [3.63, 3.8) is 0 Å². The summed E-state index contributed by atoms with van der Waals surface area (Å²) in [5.74, 6) is -0.588. The minimum absolute atomic E-state index is 0.220. The fourth-order valence-electron chi connectivity index (χ4n) is 1.34. The van der Waals surface area contributed by atoms with Gasteiger partial charge in [0, 0.05) is 11.8 Å². The van der Waals surface area contributed by atoms with Crippen molar-refractivity contribution >= 4 is 17.6 Å². The Labute approximate surface area is 112 Å². The van der Waals surface area contributed by atoms with Gasteiger partial charge >= 0.3 is 5.97 Å². The first-order valence-electron chi connectivity index (χ1n) is 6.05. The zero-order valence-electron chi connectivity index (χ0n) is 11.1. The maximum Gasteiger partial charge on any atom is 0.338 e. The Balaban J connectivity index is 2.62. The van der Waals surface area contributed by atoms with Crippen molar-refractivity contribution < 1.29 is 14.3 Å². The summed E-state index contributed by atoms with van der Waals surface area (Å²) < 4.78 is 4.87. The number of hydrogen-bond acceptors (Lipinski definition) is 3. The second kappa shape index (κ2) is 7.87. The monoisotopic (exact) mass is 259 g/mol. The van der Waals surface area contributed by atoms with Crippen LogP contribution in [-0.2, 0) is 9.53 Å². The molecule has 4 nitrogen and oxygen atoms in total. The van der Waals surface area contributed by atoms with Crippen LogP contribution in [-0.4, -0.2) is 18.5 Å². The zero-order chi connectivity index (χ0) is 14.1. The lowest BCUT2D eigenvalue weighted by Crippen LogP contribution is -2.08. The third-order valence-electron chi connectivity index (χ3n) is 2.21. The molecule has 0 unspecified atom stereocenters. The normalized spacial score (nSPS) is 10.8. The van der Waals surface area contributed by atoms with Gasteiger partial charge in [0.25, 0.3) is 0 Å². The minimum Gasteiger partial charge on any atom is -0.462 e. The highest BCUT2D eigenvalue weighted by atomic mass is 16.5. The number of nitrogens with one attached hydrogen (secondary N) is 1. The first-order chi connectivity index (χ1) is 9.17. The fraction of sp³-hybridized carbons (Fsp3) is 0.200. The molecule has 0 radical (unpaired) electrons. The van der Waals surface area contributed by atoms with Crippen LogP contribution in [0.3, 0.4) is 0 Å². The molecule has 0 fully saturated rings. The summed E-state index contributed by atoms with van der Waals surface area (Å²) in [4.78, 5) is 22.9. The topological polar surface area (TPSA) is 55.4 Å². The predicted octanol–water partition coefficient (Wildman–Crippen LogP) is 2.93. The van der Waals surface area contributed by atoms with Crippen molar-refractivity contribution in [1.82, 2.24) is 0 Å². The van der Waals surface area contributed by atoms with Gasteiger partial charge in [0.1, 0.15) is 0 Å². The van der Waals surface area contributed by atoms with Gasteiger partial charge in [-0.2, -0.15) is 0 Å². The molecule has 1 aromatic rings. The highest BCUT2D eigenvalue weighted by molar-refractivity contribution is 5.99. The zero-order valence-corrected chi connectivity index (χ0v) is 11.1. The molecule has 0 aliphatic carbocycles. The summed E-state index contributed by atoms with van der Waals surface area (Å²) in [6.07, 6.45) is 6.68. The Hall–Kier alpha value is -2.36. The van der Waals surface area contributed by atoms with Gasteiger partial charge in [0.2, 0.25) is 5.91 Å². The summed E-state index contributed by atoms with van der Waals surface area (Å²) in [5.41, 5.74) is 1.09. The lowest BCUT2D eigenvalue weighted by molar-refractivity contribution is -0.111. The second-order valence-electron chi connectivity index (χ2n) is 3.67. The molecule has 1 N–H and O–H groups in total. The molecular formula is C15H17NO3. The number of esters is 1. The van der Waals surface area contributed by atoms with Gasteiger partial charge in [0.05, 0.1) is 12.2 Å². The molecular weight excluding hydrogens is 242 g/mol. The van der Waals surface area contributed by atoms with E-state index in [0.29, 0.717) is 17.9 Å². The minimum atomic E-state index is -0.367. The number of hydrogen-bond donors (Lipinski definition) is 1. The molecule has 0 spiro atoms. The van der Waals surface area contributed by atoms with E-state index < -0.39 is 0 Å². The molecule has 100 valence electrons. The molecule has 1 amide bonds. The first-order valence-corrected chi connectivity index (χ1v) is 6.05. The van der Waals surface area contributed by atoms with Crippen molar-refractivity contribution in [3.8, 4) is 0 Å². The smallest absolute Gasteiger partial charge is 0.338 e. The summed E-state index contributed by atoms with van der Waals surface area (Å²) in [7, 11) is 0. The molecule has 19 heavy (non-hydrogen) atoms. The number of carbonyl (C=O) groups excluding carboxylic acids is 2. The Kier molecular flexibility index (Phi) is 6.09. The van der Waals surface area contributed by atoms with Gasteiger partial charge in [-0.05, 0) is 38.1 Å². The van der Waals surface area contributed by atoms with Gasteiger partial charge < -0.3 is 10.1 Å². The van der Waals surface area contributed by atoms with E-state index in [-0.39, 0.29) is 11.9 Å². The first kappa shape index (κ1) is 14.7. The summed E-state index contributed by atoms with van der Waals surface area (Å²) in [5, 5.41) is 2.69. The Bertz CT molecular complexity index is 487. The van der Waals surface area contributed by atoms with E-state index in [1.807, 2.05) is 13.0 Å². The van der Waals surface area contributed by atoms with E-state index in [2.05, 4.69) is 5.32 Å². The van der Waals surface area contributed by atoms with Crippen LogP contribution in [0, 0.1) is 0 Å². The number of rotatable bonds is 5. The number of anilines is 1. The van der Waals surface area contributed by atoms with E-state index in [4.69, 9.17) is 4.74 Å². The van der Waals surface area contributed by atoms with Crippen LogP contribution in [0.15, 0.2) is 48.6 Å². The van der Waals surface area contributed by atoms with Gasteiger partial charge in [-0.15, -0.1) is 0 Å². The number of amides is 1. The molecule has 0 heterocycles. The lowest BCUT2D eigenvalue weighted by Gasteiger charge is -2.04. The number of ether oxygens (including phenoxy) is 1. The number of benzene rings is 1. The van der Waals surface area contributed by atoms with Crippen molar-refractivity contribution in [2.24, 2.45) is 0 Å². The van der Waals surface area contributed by atoms with Gasteiger partial charge in [-0.3, -0.25) is 4.79 Å². The van der Waals surface area contributed by atoms with Crippen LogP contribution in [0.4, 0.5) is 5.69 Å². The summed E-state index contributed by atoms with van der Waals surface area (Å²) in [6, 6.07) is 6.55. The number of carbonyl (C=O) groups is 2. The average Bonchev–Trinajstić information content (AvgIpc) is 2.40. The largest absolute Gasteiger partial charge is 0.462 e. The lowest BCUT2D eigenvalue weighted by atomic mass is 10.2. The number of allylic oxidation sites excluding steroid dienone is 3. The quantitative estimate of drug-likeness (QED) is 0.502. The van der Waals surface area contributed by atoms with Crippen LogP contribution in [0.1, 0.15) is 24.2 Å². The second-order valence-corrected chi connectivity index (χ2v) is 3.67. The molecule has 0 atom stereocenters. The van der Waals surface area contributed by atoms with E-state index in [1.165, 1.54) is 6.08 Å². The molecule has 4 heteroatoms. The third-order valence-corrected chi connectivity index (χ3v) is 2.21. The standard InChI is InChI=1S/C15H17NO3/c1-3-5-6-7-14(17)16-13-10-8-12(9-11-13)15(18)19-4-2/h3,5-11H,4H2,1-2H3,(H,16,17). The molecule has 0 aliphatic heterocycles. The molecule has 0 bridgehead atoms. The van der Waals surface area contributed by atoms with Crippen LogP contribution in [0.2, 0.25) is 0 Å². The van der Waals surface area contributed by atoms with Crippen LogP contribution in [0.25, 0.3) is 0 Å². The highest BCUT2D eigenvalue weighted by Gasteiger charge is 2.05. The Morgan fingerprint density at radius 1 is 1.21 bits per heavy atom. The summed E-state index contributed by atoms with van der Waals surface area (Å²) >= 11 is 0. The van der Waals surface area contributed by atoms with Crippen molar-refractivity contribution in [2.75, 3.05) is 11.9 Å². The molecule has 1 aromatic carbocycles. The molecule has 0 aliphatic rings. The SMILES string of the molecule is CC=CC=CC(=O)Nc1ccc(C(=O)OCC)cc1. The van der Waals surface area contributed by atoms with Crippen LogP contribution >= 0.6 is 0 Å². The highest BCUT2D eigenvalue weighted by Crippen LogP contribution is 2.10. The maximum atomic E-state index is 11.5. The van der Waals surface area contributed by atoms with Gasteiger partial charge in [0.15, 0.2) is 0 Å². The summed E-state index contributed by atoms with van der Waals surface area (Å²) in [6.45, 7) is 3.97. The van der Waals surface area contributed by atoms with E-state index in [9.17, 15) is 9.59 Å². The van der Waals surface area contributed by atoms with E-state index in [0.717, 1.165) is 0 Å². The van der Waals surface area contributed by atoms with Crippen molar-refractivity contribution in [3.05, 3.63) is 54.1 Å². The Morgan fingerprint density at radius 2 is 1.89 bits per heavy atom. The predicted molar refractivity (Wildman–Crippen MR) is 75.0 cm³/mol. The Morgan fingerprint density at radius 3 is 2.47 bits per heavy atom. The average molecular weight is 259 g/mol. The third kappa shape index (κ3) is 5.21. The molecule has 1 rings (SSSR count).